The smallest absolute Gasteiger partial charge is 0.329 e. The molecule has 1 heterocycles. The number of esters is 1. The molecule has 0 aromatic heterocycles. The number of hydrogen-bond acceptors (Lipinski definition) is 7. The number of likely N-dealkylation sites (tertiary alicyclic amines) is 1. The number of nitrogens with two attached hydrogens (primary N) is 1. The summed E-state index contributed by atoms with van der Waals surface area (Å²) in [4.78, 5) is 80.8. The molecule has 12 heteroatoms. The van der Waals surface area contributed by atoms with Crippen molar-refractivity contribution >= 4 is 35.5 Å². The molecule has 1 unspecified atom stereocenters. The lowest BCUT2D eigenvalue weighted by atomic mass is 9.85. The average molecular weight is 646 g/mol. The molecule has 0 radical (unpaired) electrons. The normalized spacial score (nSPS) is 26.2. The van der Waals surface area contributed by atoms with Crippen molar-refractivity contribution in [2.75, 3.05) is 6.54 Å². The number of amides is 5. The molecule has 0 spiro atoms. The summed E-state index contributed by atoms with van der Waals surface area (Å²) in [7, 11) is 0. The van der Waals surface area contributed by atoms with Crippen LogP contribution in [0.15, 0.2) is 0 Å². The molecule has 258 valence electrons. The van der Waals surface area contributed by atoms with E-state index in [1.165, 1.54) is 4.90 Å². The fourth-order valence-corrected chi connectivity index (χ4v) is 7.32. The number of nitrogens with zero attached hydrogens (tertiary/aromatic N) is 1. The molecule has 4 rings (SSSR count). The summed E-state index contributed by atoms with van der Waals surface area (Å²) < 4.78 is 5.80. The number of piperidine rings is 1. The summed E-state index contributed by atoms with van der Waals surface area (Å²) in [5.74, 6) is -3.21. The molecule has 1 aliphatic heterocycles. The zero-order chi connectivity index (χ0) is 34.4. The van der Waals surface area contributed by atoms with Crippen LogP contribution in [-0.2, 0) is 28.7 Å². The Morgan fingerprint density at radius 1 is 0.848 bits per heavy atom. The van der Waals surface area contributed by atoms with E-state index in [9.17, 15) is 28.8 Å². The summed E-state index contributed by atoms with van der Waals surface area (Å²) in [6.07, 6.45) is 6.71. The molecule has 46 heavy (non-hydrogen) atoms. The van der Waals surface area contributed by atoms with E-state index >= 15 is 0 Å². The maximum absolute atomic E-state index is 14.3. The second kappa shape index (κ2) is 13.1. The number of nitrogens with one attached hydrogen (secondary N) is 3. The third-order valence-corrected chi connectivity index (χ3v) is 10.5. The van der Waals surface area contributed by atoms with E-state index in [1.54, 1.807) is 0 Å². The molecular formula is C34H55N5O7. The largest absolute Gasteiger partial charge is 0.461 e. The van der Waals surface area contributed by atoms with Crippen molar-refractivity contribution in [3.05, 3.63) is 0 Å². The van der Waals surface area contributed by atoms with Gasteiger partial charge in [0.15, 0.2) is 0 Å². The van der Waals surface area contributed by atoms with Gasteiger partial charge in [-0.05, 0) is 66.1 Å². The van der Waals surface area contributed by atoms with E-state index < -0.39 is 70.5 Å². The maximum Gasteiger partial charge on any atom is 0.329 e. The Balaban J connectivity index is 1.50. The molecule has 3 aliphatic carbocycles. The Morgan fingerprint density at radius 2 is 1.41 bits per heavy atom. The van der Waals surface area contributed by atoms with Crippen LogP contribution < -0.4 is 21.7 Å². The first kappa shape index (κ1) is 35.7. The topological polar surface area (TPSA) is 177 Å². The predicted molar refractivity (Wildman–Crippen MR) is 171 cm³/mol. The third kappa shape index (κ3) is 8.02. The van der Waals surface area contributed by atoms with Crippen LogP contribution in [0.25, 0.3) is 0 Å². The van der Waals surface area contributed by atoms with Crippen LogP contribution in [0.2, 0.25) is 0 Å². The van der Waals surface area contributed by atoms with Gasteiger partial charge in [0.25, 0.3) is 5.91 Å². The molecule has 6 atom stereocenters. The van der Waals surface area contributed by atoms with Crippen molar-refractivity contribution in [2.45, 2.75) is 137 Å². The van der Waals surface area contributed by atoms with Gasteiger partial charge in [-0.25, -0.2) is 9.59 Å². The highest BCUT2D eigenvalue weighted by Gasteiger charge is 2.70. The Kier molecular flexibility index (Phi) is 10.2. The van der Waals surface area contributed by atoms with Crippen LogP contribution in [0.3, 0.4) is 0 Å². The summed E-state index contributed by atoms with van der Waals surface area (Å²) in [6, 6.07) is -4.59. The quantitative estimate of drug-likeness (QED) is 0.197. The fraction of sp³-hybridized carbons (Fsp3) is 0.824. The van der Waals surface area contributed by atoms with Crippen LogP contribution in [0.4, 0.5) is 4.79 Å². The number of ether oxygens (including phenoxy) is 1. The van der Waals surface area contributed by atoms with Crippen LogP contribution in [0.5, 0.6) is 0 Å². The van der Waals surface area contributed by atoms with Gasteiger partial charge in [-0.3, -0.25) is 19.2 Å². The first-order valence-electron chi connectivity index (χ1n) is 17.0. The van der Waals surface area contributed by atoms with E-state index in [2.05, 4.69) is 16.0 Å². The Morgan fingerprint density at radius 3 is 1.93 bits per heavy atom. The van der Waals surface area contributed by atoms with Crippen LogP contribution in [-0.4, -0.2) is 77.2 Å². The van der Waals surface area contributed by atoms with Gasteiger partial charge in [0.1, 0.15) is 24.2 Å². The molecule has 0 aromatic rings. The minimum absolute atomic E-state index is 0.0650. The number of fused-ring (bicyclic) bond motifs is 1. The Labute approximate surface area is 273 Å². The van der Waals surface area contributed by atoms with E-state index in [4.69, 9.17) is 10.5 Å². The lowest BCUT2D eigenvalue weighted by molar-refractivity contribution is -0.155. The highest BCUT2D eigenvalue weighted by Crippen LogP contribution is 2.65. The predicted octanol–water partition coefficient (Wildman–Crippen LogP) is 2.81. The number of urea groups is 1. The standard InChI is InChI=1S/C34H55N5O7/c1-32(2,3)25(37-31(45)38-26(33(4,5)6)30(44)46-19-12-10-9-11-13-19)29(43)39-17-20-22(34(20,7)8)23(39)28(42)36-21(16-18-14-15-18)24(40)27(35)41/h18-23,25-26H,9-17H2,1-8H3,(H2,35,41)(H,36,42)(H2,37,38,45)/t20-,21?,22-,23-,25+,26+/m0/s1. The van der Waals surface area contributed by atoms with Gasteiger partial charge in [-0.15, -0.1) is 0 Å². The number of rotatable bonds is 11. The van der Waals surface area contributed by atoms with Crippen LogP contribution in [0.1, 0.15) is 107 Å². The number of hydrogen-bond donors (Lipinski definition) is 4. The number of primary amides is 1. The lowest BCUT2D eigenvalue weighted by Gasteiger charge is -2.38. The van der Waals surface area contributed by atoms with E-state index in [-0.39, 0.29) is 29.3 Å². The molecular weight excluding hydrogens is 590 g/mol. The molecule has 4 fully saturated rings. The molecule has 5 amide bonds. The SMILES string of the molecule is CC(C)(C)[C@H](NC(=O)N[C@H](C(=O)N1C[C@H]2[C@@H]([C@H]1C(=O)NC(CC1CC1)C(=O)C(N)=O)C2(C)C)C(C)(C)C)C(=O)OC1CCCCC1. The maximum atomic E-state index is 14.3. The van der Waals surface area contributed by atoms with Crippen molar-refractivity contribution in [3.8, 4) is 0 Å². The molecule has 0 bridgehead atoms. The van der Waals surface area contributed by atoms with Gasteiger partial charge < -0.3 is 31.3 Å². The second-order valence-electron chi connectivity index (χ2n) is 16.8. The van der Waals surface area contributed by atoms with Crippen LogP contribution in [0, 0.1) is 34.0 Å². The summed E-state index contributed by atoms with van der Waals surface area (Å²) in [5.41, 5.74) is 3.69. The third-order valence-electron chi connectivity index (χ3n) is 10.5. The molecule has 1 saturated heterocycles. The summed E-state index contributed by atoms with van der Waals surface area (Å²) in [5, 5.41) is 8.36. The van der Waals surface area contributed by atoms with E-state index in [0.29, 0.717) is 13.0 Å². The summed E-state index contributed by atoms with van der Waals surface area (Å²) in [6.45, 7) is 15.4. The van der Waals surface area contributed by atoms with Gasteiger partial charge in [-0.1, -0.05) is 74.7 Å². The monoisotopic (exact) mass is 645 g/mol. The average Bonchev–Trinajstić information content (AvgIpc) is 3.80. The van der Waals surface area contributed by atoms with E-state index in [0.717, 1.165) is 44.9 Å². The van der Waals surface area contributed by atoms with Gasteiger partial charge in [0.2, 0.25) is 17.6 Å². The highest BCUT2D eigenvalue weighted by atomic mass is 16.5. The molecule has 4 aliphatic rings. The minimum Gasteiger partial charge on any atom is -0.461 e. The van der Waals surface area contributed by atoms with Crippen molar-refractivity contribution in [2.24, 2.45) is 39.7 Å². The first-order valence-corrected chi connectivity index (χ1v) is 17.0. The highest BCUT2D eigenvalue weighted by molar-refractivity contribution is 6.37. The second-order valence-corrected chi connectivity index (χ2v) is 16.8. The molecule has 5 N–H and O–H groups in total. The van der Waals surface area contributed by atoms with Crippen molar-refractivity contribution in [1.82, 2.24) is 20.9 Å². The van der Waals surface area contributed by atoms with Gasteiger partial charge >= 0.3 is 12.0 Å². The molecule has 12 nitrogen and oxygen atoms in total. The van der Waals surface area contributed by atoms with Crippen molar-refractivity contribution in [1.29, 1.82) is 0 Å². The summed E-state index contributed by atoms with van der Waals surface area (Å²) >= 11 is 0. The van der Waals surface area contributed by atoms with Gasteiger partial charge in [-0.2, -0.15) is 0 Å². The molecule has 0 aromatic carbocycles. The van der Waals surface area contributed by atoms with E-state index in [1.807, 2.05) is 55.4 Å². The zero-order valence-corrected chi connectivity index (χ0v) is 28.9. The number of carbonyl (C=O) groups excluding carboxylic acids is 6. The Bertz CT molecular complexity index is 1230. The molecule has 3 saturated carbocycles. The minimum atomic E-state index is -1.10. The number of Topliss-reactive ketones (excluding diaryl/α,β-unsaturated/α-hetero) is 1. The van der Waals surface area contributed by atoms with Crippen molar-refractivity contribution in [3.63, 3.8) is 0 Å². The fourth-order valence-electron chi connectivity index (χ4n) is 7.32. The van der Waals surface area contributed by atoms with Gasteiger partial charge in [0.05, 0.1) is 6.04 Å². The Hall–Kier alpha value is -3.18. The lowest BCUT2D eigenvalue weighted by Crippen LogP contribution is -2.62. The first-order chi connectivity index (χ1) is 21.2. The van der Waals surface area contributed by atoms with Gasteiger partial charge in [0, 0.05) is 6.54 Å². The number of ketones is 1. The number of carbonyl (C=O) groups is 6. The van der Waals surface area contributed by atoms with Crippen molar-refractivity contribution < 1.29 is 33.5 Å². The zero-order valence-electron chi connectivity index (χ0n) is 28.9. The van der Waals surface area contributed by atoms with Crippen LogP contribution >= 0.6 is 0 Å².